The summed E-state index contributed by atoms with van der Waals surface area (Å²) in [7, 11) is 0. The van der Waals surface area contributed by atoms with Crippen molar-refractivity contribution in [1.29, 1.82) is 0 Å². The highest BCUT2D eigenvalue weighted by atomic mass is 16.6. The third-order valence-electron chi connectivity index (χ3n) is 4.29. The molecule has 1 saturated heterocycles. The van der Waals surface area contributed by atoms with E-state index in [9.17, 15) is 15.2 Å². The van der Waals surface area contributed by atoms with Gasteiger partial charge in [-0.2, -0.15) is 0 Å². The topological polar surface area (TPSA) is 75.8 Å². The molecule has 0 bridgehead atoms. The molecule has 0 spiro atoms. The number of benzene rings is 1. The number of aliphatic hydroxyl groups is 1. The predicted molar refractivity (Wildman–Crippen MR) is 84.1 cm³/mol. The Hall–Kier alpha value is -1.66. The van der Waals surface area contributed by atoms with Gasteiger partial charge in [0.2, 0.25) is 0 Å². The Bertz CT molecular complexity index is 499. The van der Waals surface area contributed by atoms with Crippen molar-refractivity contribution in [2.45, 2.75) is 51.3 Å². The lowest BCUT2D eigenvalue weighted by Crippen LogP contribution is -2.48. The van der Waals surface area contributed by atoms with Crippen LogP contribution in [0.25, 0.3) is 0 Å². The molecule has 22 heavy (non-hydrogen) atoms. The average molecular weight is 308 g/mol. The zero-order valence-corrected chi connectivity index (χ0v) is 13.1. The van der Waals surface area contributed by atoms with Crippen LogP contribution in [0.5, 0.6) is 5.75 Å². The largest absolute Gasteiger partial charge is 0.484 e. The monoisotopic (exact) mass is 308 g/mol. The molecule has 6 heteroatoms. The van der Waals surface area contributed by atoms with Gasteiger partial charge in [0.1, 0.15) is 12.7 Å². The van der Waals surface area contributed by atoms with Gasteiger partial charge in [-0.1, -0.05) is 18.6 Å². The average Bonchev–Trinajstić information content (AvgIpc) is 2.49. The van der Waals surface area contributed by atoms with Crippen LogP contribution in [0, 0.1) is 10.1 Å². The van der Waals surface area contributed by atoms with E-state index < -0.39 is 11.0 Å². The molecule has 0 unspecified atom stereocenters. The summed E-state index contributed by atoms with van der Waals surface area (Å²) in [5, 5.41) is 21.1. The Morgan fingerprint density at radius 2 is 2.00 bits per heavy atom. The van der Waals surface area contributed by atoms with Crippen LogP contribution in [0.1, 0.15) is 33.1 Å². The first-order chi connectivity index (χ1) is 10.5. The standard InChI is InChI=1S/C16H24N2O4/c1-12-6-5-7-13(2)17(12)10-14(19)11-22-16-9-4-3-8-15(16)18(20)21/h3-4,8-9,12-14,19H,5-7,10-11H2,1-2H3/t12-,13-,14+/m1/s1. The number of hydrogen-bond acceptors (Lipinski definition) is 5. The van der Waals surface area contributed by atoms with Crippen molar-refractivity contribution < 1.29 is 14.8 Å². The molecule has 0 amide bonds. The maximum atomic E-state index is 10.9. The minimum absolute atomic E-state index is 0.0563. The first-order valence-electron chi connectivity index (χ1n) is 7.79. The zero-order valence-electron chi connectivity index (χ0n) is 13.1. The highest BCUT2D eigenvalue weighted by Crippen LogP contribution is 2.26. The molecule has 1 aliphatic rings. The quantitative estimate of drug-likeness (QED) is 0.646. The number of rotatable bonds is 6. The summed E-state index contributed by atoms with van der Waals surface area (Å²) in [6.07, 6.45) is 2.84. The van der Waals surface area contributed by atoms with Crippen molar-refractivity contribution in [3.63, 3.8) is 0 Å². The van der Waals surface area contributed by atoms with Crippen molar-refractivity contribution in [3.8, 4) is 5.75 Å². The molecular formula is C16H24N2O4. The lowest BCUT2D eigenvalue weighted by atomic mass is 9.97. The fraction of sp³-hybridized carbons (Fsp3) is 0.625. The molecule has 0 saturated carbocycles. The summed E-state index contributed by atoms with van der Waals surface area (Å²) in [6.45, 7) is 4.93. The van der Waals surface area contributed by atoms with Gasteiger partial charge in [0.25, 0.3) is 0 Å². The second-order valence-electron chi connectivity index (χ2n) is 6.02. The summed E-state index contributed by atoms with van der Waals surface area (Å²) in [4.78, 5) is 12.7. The highest BCUT2D eigenvalue weighted by Gasteiger charge is 2.26. The molecular weight excluding hydrogens is 284 g/mol. The maximum absolute atomic E-state index is 10.9. The number of piperidine rings is 1. The van der Waals surface area contributed by atoms with Crippen LogP contribution in [0.4, 0.5) is 5.69 Å². The van der Waals surface area contributed by atoms with E-state index >= 15 is 0 Å². The predicted octanol–water partition coefficient (Wildman–Crippen LogP) is 2.60. The molecule has 1 fully saturated rings. The van der Waals surface area contributed by atoms with Gasteiger partial charge < -0.3 is 9.84 Å². The van der Waals surface area contributed by atoms with Gasteiger partial charge in [-0.3, -0.25) is 15.0 Å². The Balaban J connectivity index is 1.90. The summed E-state index contributed by atoms with van der Waals surface area (Å²) in [5.41, 5.74) is -0.0746. The first-order valence-corrected chi connectivity index (χ1v) is 7.79. The van der Waals surface area contributed by atoms with Gasteiger partial charge in [0.15, 0.2) is 5.75 Å². The van der Waals surface area contributed by atoms with E-state index in [4.69, 9.17) is 4.74 Å². The third kappa shape index (κ3) is 4.18. The van der Waals surface area contributed by atoms with Gasteiger partial charge in [0, 0.05) is 24.7 Å². The summed E-state index contributed by atoms with van der Waals surface area (Å²) in [5.74, 6) is 0.200. The second kappa shape index (κ2) is 7.56. The number of nitrogens with zero attached hydrogens (tertiary/aromatic N) is 2. The van der Waals surface area contributed by atoms with Gasteiger partial charge in [-0.15, -0.1) is 0 Å². The van der Waals surface area contributed by atoms with Gasteiger partial charge in [-0.25, -0.2) is 0 Å². The number of β-amino-alcohol motifs (C(OH)–C–C–N with tert-alkyl or cyclic N) is 1. The molecule has 1 heterocycles. The molecule has 0 aliphatic carbocycles. The molecule has 1 aromatic rings. The van der Waals surface area contributed by atoms with E-state index in [0.717, 1.165) is 12.8 Å². The summed E-state index contributed by atoms with van der Waals surface area (Å²) < 4.78 is 5.45. The summed E-state index contributed by atoms with van der Waals surface area (Å²) >= 11 is 0. The smallest absolute Gasteiger partial charge is 0.310 e. The van der Waals surface area contributed by atoms with Gasteiger partial charge in [0.05, 0.1) is 4.92 Å². The Morgan fingerprint density at radius 1 is 1.36 bits per heavy atom. The molecule has 3 atom stereocenters. The number of hydrogen-bond donors (Lipinski definition) is 1. The van der Waals surface area contributed by atoms with Crippen molar-refractivity contribution >= 4 is 5.69 Å². The third-order valence-corrected chi connectivity index (χ3v) is 4.29. The molecule has 1 N–H and O–H groups in total. The fourth-order valence-corrected chi connectivity index (χ4v) is 3.05. The van der Waals surface area contributed by atoms with Gasteiger partial charge >= 0.3 is 5.69 Å². The number of nitro benzene ring substituents is 1. The van der Waals surface area contributed by atoms with E-state index in [0.29, 0.717) is 18.6 Å². The van der Waals surface area contributed by atoms with E-state index in [1.54, 1.807) is 18.2 Å². The van der Waals surface area contributed by atoms with Gasteiger partial charge in [-0.05, 0) is 32.8 Å². The number of aliphatic hydroxyl groups excluding tert-OH is 1. The lowest BCUT2D eigenvalue weighted by Gasteiger charge is -2.39. The molecule has 122 valence electrons. The highest BCUT2D eigenvalue weighted by molar-refractivity contribution is 5.45. The molecule has 1 aliphatic heterocycles. The maximum Gasteiger partial charge on any atom is 0.310 e. The van der Waals surface area contributed by atoms with Crippen LogP contribution < -0.4 is 4.74 Å². The Morgan fingerprint density at radius 3 is 2.64 bits per heavy atom. The van der Waals surface area contributed by atoms with E-state index in [-0.39, 0.29) is 18.0 Å². The molecule has 1 aromatic carbocycles. The van der Waals surface area contributed by atoms with Crippen molar-refractivity contribution in [3.05, 3.63) is 34.4 Å². The molecule has 0 aromatic heterocycles. The lowest BCUT2D eigenvalue weighted by molar-refractivity contribution is -0.385. The molecule has 6 nitrogen and oxygen atoms in total. The van der Waals surface area contributed by atoms with Crippen LogP contribution in [-0.4, -0.2) is 46.3 Å². The minimum Gasteiger partial charge on any atom is -0.484 e. The fourth-order valence-electron chi connectivity index (χ4n) is 3.05. The van der Waals surface area contributed by atoms with Crippen LogP contribution in [0.3, 0.4) is 0 Å². The SMILES string of the molecule is C[C@@H]1CCC[C@@H](C)N1C[C@H](O)COc1ccccc1[N+](=O)[O-]. The molecule has 0 radical (unpaired) electrons. The Kier molecular flexibility index (Phi) is 5.74. The molecule has 2 rings (SSSR count). The first kappa shape index (κ1) is 16.7. The van der Waals surface area contributed by atoms with E-state index in [1.807, 2.05) is 0 Å². The zero-order chi connectivity index (χ0) is 16.1. The van der Waals surface area contributed by atoms with Crippen LogP contribution in [0.15, 0.2) is 24.3 Å². The Labute approximate surface area is 130 Å². The minimum atomic E-state index is -0.664. The number of para-hydroxylation sites is 2. The van der Waals surface area contributed by atoms with Crippen molar-refractivity contribution in [2.24, 2.45) is 0 Å². The van der Waals surface area contributed by atoms with Crippen molar-refractivity contribution in [1.82, 2.24) is 4.90 Å². The summed E-state index contributed by atoms with van der Waals surface area (Å²) in [6, 6.07) is 7.13. The van der Waals surface area contributed by atoms with Crippen LogP contribution >= 0.6 is 0 Å². The normalized spacial score (nSPS) is 24.0. The van der Waals surface area contributed by atoms with Crippen LogP contribution in [-0.2, 0) is 0 Å². The number of ether oxygens (including phenoxy) is 1. The number of likely N-dealkylation sites (tertiary alicyclic amines) is 1. The van der Waals surface area contributed by atoms with Crippen LogP contribution in [0.2, 0.25) is 0 Å². The van der Waals surface area contributed by atoms with Crippen molar-refractivity contribution in [2.75, 3.05) is 13.2 Å². The van der Waals surface area contributed by atoms with E-state index in [1.165, 1.54) is 12.5 Å². The number of nitro groups is 1. The van der Waals surface area contributed by atoms with E-state index in [2.05, 4.69) is 18.7 Å². The second-order valence-corrected chi connectivity index (χ2v) is 6.02.